The molecule has 88 valence electrons. The lowest BCUT2D eigenvalue weighted by atomic mass is 10.3. The van der Waals surface area contributed by atoms with Crippen molar-refractivity contribution in [2.45, 2.75) is 20.0 Å². The molecule has 0 saturated carbocycles. The van der Waals surface area contributed by atoms with Gasteiger partial charge in [0.15, 0.2) is 11.5 Å². The Bertz CT molecular complexity index is 352. The lowest BCUT2D eigenvalue weighted by molar-refractivity contribution is 0.176. The maximum Gasteiger partial charge on any atom is 0.414 e. The van der Waals surface area contributed by atoms with Gasteiger partial charge >= 0.3 is 6.09 Å². The molecule has 5 heteroatoms. The fourth-order valence-electron chi connectivity index (χ4n) is 1.09. The van der Waals surface area contributed by atoms with Gasteiger partial charge in [0.05, 0.1) is 6.10 Å². The van der Waals surface area contributed by atoms with E-state index in [-0.39, 0.29) is 6.10 Å². The number of hydrogen-bond acceptors (Lipinski definition) is 4. The molecule has 0 aliphatic rings. The Morgan fingerprint density at radius 1 is 1.38 bits per heavy atom. The van der Waals surface area contributed by atoms with E-state index in [9.17, 15) is 4.79 Å². The molecule has 0 aliphatic heterocycles. The average molecular weight is 225 g/mol. The standard InChI is InChI=1S/C11H15NO4/c1-8(2)15-9-5-3-4-6-10(9)16-11(14)12-7-13/h3-6,8,13H,7H2,1-2H3,(H,12,14). The number of hydrogen-bond donors (Lipinski definition) is 2. The monoisotopic (exact) mass is 225 g/mol. The van der Waals surface area contributed by atoms with Gasteiger partial charge in [-0.05, 0) is 26.0 Å². The highest BCUT2D eigenvalue weighted by Crippen LogP contribution is 2.27. The molecule has 0 radical (unpaired) electrons. The van der Waals surface area contributed by atoms with Crippen molar-refractivity contribution in [2.75, 3.05) is 6.73 Å². The van der Waals surface area contributed by atoms with Crippen molar-refractivity contribution >= 4 is 6.09 Å². The third-order valence-corrected chi connectivity index (χ3v) is 1.64. The minimum absolute atomic E-state index is 0.00865. The van der Waals surface area contributed by atoms with Gasteiger partial charge in [0.25, 0.3) is 0 Å². The highest BCUT2D eigenvalue weighted by Gasteiger charge is 2.09. The van der Waals surface area contributed by atoms with Crippen molar-refractivity contribution in [1.82, 2.24) is 5.32 Å². The van der Waals surface area contributed by atoms with Crippen LogP contribution in [0.2, 0.25) is 0 Å². The summed E-state index contributed by atoms with van der Waals surface area (Å²) in [5, 5.41) is 10.6. The summed E-state index contributed by atoms with van der Waals surface area (Å²) in [7, 11) is 0. The van der Waals surface area contributed by atoms with E-state index in [1.165, 1.54) is 0 Å². The third kappa shape index (κ3) is 3.78. The van der Waals surface area contributed by atoms with Crippen LogP contribution in [0.3, 0.4) is 0 Å². The number of benzene rings is 1. The number of carbonyl (C=O) groups is 1. The Kier molecular flexibility index (Phi) is 4.60. The number of rotatable bonds is 4. The topological polar surface area (TPSA) is 67.8 Å². The molecule has 1 aromatic rings. The summed E-state index contributed by atoms with van der Waals surface area (Å²) in [5.74, 6) is 0.813. The van der Waals surface area contributed by atoms with Crippen LogP contribution in [-0.2, 0) is 0 Å². The number of nitrogens with one attached hydrogen (secondary N) is 1. The minimum atomic E-state index is -0.720. The van der Waals surface area contributed by atoms with Crippen LogP contribution in [0.15, 0.2) is 24.3 Å². The first-order chi connectivity index (χ1) is 7.63. The van der Waals surface area contributed by atoms with Gasteiger partial charge in [-0.15, -0.1) is 0 Å². The second kappa shape index (κ2) is 5.97. The highest BCUT2D eigenvalue weighted by molar-refractivity contribution is 5.71. The van der Waals surface area contributed by atoms with Crippen molar-refractivity contribution in [1.29, 1.82) is 0 Å². The van der Waals surface area contributed by atoms with Crippen LogP contribution in [0.4, 0.5) is 4.79 Å². The van der Waals surface area contributed by atoms with E-state index in [2.05, 4.69) is 5.32 Å². The number of amides is 1. The van der Waals surface area contributed by atoms with Crippen LogP contribution >= 0.6 is 0 Å². The number of aliphatic hydroxyl groups is 1. The first kappa shape index (κ1) is 12.3. The maximum absolute atomic E-state index is 11.1. The van der Waals surface area contributed by atoms with E-state index >= 15 is 0 Å². The van der Waals surface area contributed by atoms with E-state index in [1.54, 1.807) is 24.3 Å². The van der Waals surface area contributed by atoms with Crippen LogP contribution < -0.4 is 14.8 Å². The minimum Gasteiger partial charge on any atom is -0.487 e. The van der Waals surface area contributed by atoms with Gasteiger partial charge in [-0.3, -0.25) is 5.32 Å². The number of ether oxygens (including phenoxy) is 2. The van der Waals surface area contributed by atoms with Gasteiger partial charge in [-0.25, -0.2) is 4.79 Å². The van der Waals surface area contributed by atoms with Crippen molar-refractivity contribution < 1.29 is 19.4 Å². The molecule has 1 aromatic carbocycles. The molecule has 0 saturated heterocycles. The maximum atomic E-state index is 11.1. The molecule has 0 aromatic heterocycles. The molecular formula is C11H15NO4. The number of aliphatic hydroxyl groups excluding tert-OH is 1. The molecule has 5 nitrogen and oxygen atoms in total. The molecule has 0 atom stereocenters. The van der Waals surface area contributed by atoms with Crippen LogP contribution in [-0.4, -0.2) is 24.0 Å². The Balaban J connectivity index is 2.74. The number of carbonyl (C=O) groups excluding carboxylic acids is 1. The first-order valence-corrected chi connectivity index (χ1v) is 4.95. The molecule has 0 aliphatic carbocycles. The van der Waals surface area contributed by atoms with Gasteiger partial charge in [-0.2, -0.15) is 0 Å². The van der Waals surface area contributed by atoms with Gasteiger partial charge in [0, 0.05) is 0 Å². The molecule has 0 heterocycles. The summed E-state index contributed by atoms with van der Waals surface area (Å²) in [6.45, 7) is 3.29. The lowest BCUT2D eigenvalue weighted by Crippen LogP contribution is -2.27. The lowest BCUT2D eigenvalue weighted by Gasteiger charge is -2.13. The summed E-state index contributed by atoms with van der Waals surface area (Å²) in [6.07, 6.45) is -0.729. The zero-order valence-corrected chi connectivity index (χ0v) is 9.27. The van der Waals surface area contributed by atoms with Crippen LogP contribution in [0.1, 0.15) is 13.8 Å². The van der Waals surface area contributed by atoms with E-state index in [0.29, 0.717) is 11.5 Å². The van der Waals surface area contributed by atoms with E-state index in [0.717, 1.165) is 0 Å². The summed E-state index contributed by atoms with van der Waals surface area (Å²) in [5.41, 5.74) is 0. The molecule has 1 rings (SSSR count). The SMILES string of the molecule is CC(C)Oc1ccccc1OC(=O)NCO. The van der Waals surface area contributed by atoms with Crippen LogP contribution in [0, 0.1) is 0 Å². The molecule has 0 bridgehead atoms. The predicted molar refractivity (Wildman–Crippen MR) is 58.5 cm³/mol. The number of para-hydroxylation sites is 2. The van der Waals surface area contributed by atoms with Crippen molar-refractivity contribution in [3.63, 3.8) is 0 Å². The van der Waals surface area contributed by atoms with Crippen molar-refractivity contribution in [3.8, 4) is 11.5 Å². The first-order valence-electron chi connectivity index (χ1n) is 4.95. The second-order valence-corrected chi connectivity index (χ2v) is 3.34. The zero-order valence-electron chi connectivity index (χ0n) is 9.27. The average Bonchev–Trinajstić information content (AvgIpc) is 2.20. The van der Waals surface area contributed by atoms with Gasteiger partial charge < -0.3 is 14.6 Å². The Morgan fingerprint density at radius 2 is 2.00 bits per heavy atom. The Morgan fingerprint density at radius 3 is 2.56 bits per heavy atom. The smallest absolute Gasteiger partial charge is 0.414 e. The van der Waals surface area contributed by atoms with Gasteiger partial charge in [0.1, 0.15) is 6.73 Å². The van der Waals surface area contributed by atoms with Gasteiger partial charge in [0.2, 0.25) is 0 Å². The fourth-order valence-corrected chi connectivity index (χ4v) is 1.09. The summed E-state index contributed by atoms with van der Waals surface area (Å²) in [6, 6.07) is 6.85. The third-order valence-electron chi connectivity index (χ3n) is 1.64. The van der Waals surface area contributed by atoms with Crippen LogP contribution in [0.25, 0.3) is 0 Å². The second-order valence-electron chi connectivity index (χ2n) is 3.34. The summed E-state index contributed by atoms with van der Waals surface area (Å²) < 4.78 is 10.4. The quantitative estimate of drug-likeness (QED) is 0.762. The predicted octanol–water partition coefficient (Wildman–Crippen LogP) is 1.51. The largest absolute Gasteiger partial charge is 0.487 e. The summed E-state index contributed by atoms with van der Waals surface area (Å²) >= 11 is 0. The normalized spacial score (nSPS) is 10.0. The Labute approximate surface area is 94.0 Å². The van der Waals surface area contributed by atoms with E-state index in [1.807, 2.05) is 13.8 Å². The Hall–Kier alpha value is -1.75. The molecule has 1 amide bonds. The fraction of sp³-hybridized carbons (Fsp3) is 0.364. The van der Waals surface area contributed by atoms with Crippen LogP contribution in [0.5, 0.6) is 11.5 Å². The molecule has 16 heavy (non-hydrogen) atoms. The van der Waals surface area contributed by atoms with Crippen molar-refractivity contribution in [2.24, 2.45) is 0 Å². The molecule has 0 spiro atoms. The molecule has 0 unspecified atom stereocenters. The molecular weight excluding hydrogens is 210 g/mol. The van der Waals surface area contributed by atoms with Gasteiger partial charge in [-0.1, -0.05) is 12.1 Å². The van der Waals surface area contributed by atoms with E-state index < -0.39 is 12.8 Å². The molecule has 0 fully saturated rings. The molecule has 2 N–H and O–H groups in total. The van der Waals surface area contributed by atoms with E-state index in [4.69, 9.17) is 14.6 Å². The van der Waals surface area contributed by atoms with Crippen molar-refractivity contribution in [3.05, 3.63) is 24.3 Å². The highest BCUT2D eigenvalue weighted by atomic mass is 16.6. The summed E-state index contributed by atoms with van der Waals surface area (Å²) in [4.78, 5) is 11.1. The zero-order chi connectivity index (χ0) is 12.0.